The van der Waals surface area contributed by atoms with Gasteiger partial charge in [-0.1, -0.05) is 59.6 Å². The van der Waals surface area contributed by atoms with Crippen molar-refractivity contribution in [1.29, 1.82) is 0 Å². The van der Waals surface area contributed by atoms with E-state index < -0.39 is 11.9 Å². The van der Waals surface area contributed by atoms with E-state index >= 15 is 0 Å². The molecular weight excluding hydrogens is 425 g/mol. The number of nitrogens with zero attached hydrogens (tertiary/aromatic N) is 1. The first-order valence-corrected chi connectivity index (χ1v) is 9.75. The van der Waals surface area contributed by atoms with E-state index in [1.54, 1.807) is 60.7 Å². The third-order valence-electron chi connectivity index (χ3n) is 4.46. The van der Waals surface area contributed by atoms with Crippen molar-refractivity contribution in [1.82, 2.24) is 4.90 Å². The fourth-order valence-electron chi connectivity index (χ4n) is 3.00. The third kappa shape index (κ3) is 5.26. The number of ketones is 1. The van der Waals surface area contributed by atoms with Crippen LogP contribution >= 0.6 is 23.2 Å². The molecule has 2 aromatic rings. The summed E-state index contributed by atoms with van der Waals surface area (Å²) in [4.78, 5) is 37.8. The summed E-state index contributed by atoms with van der Waals surface area (Å²) in [5.41, 5.74) is 2.03. The molecule has 0 saturated carbocycles. The first-order valence-electron chi connectivity index (χ1n) is 9.00. The van der Waals surface area contributed by atoms with Gasteiger partial charge in [-0.15, -0.1) is 0 Å². The lowest BCUT2D eigenvalue weighted by Gasteiger charge is -2.29. The summed E-state index contributed by atoms with van der Waals surface area (Å²) >= 11 is 12.4. The summed E-state index contributed by atoms with van der Waals surface area (Å²) in [7, 11) is 0. The zero-order valence-electron chi connectivity index (χ0n) is 15.7. The molecule has 0 aromatic heterocycles. The van der Waals surface area contributed by atoms with E-state index in [1.165, 1.54) is 4.90 Å². The van der Waals surface area contributed by atoms with Crippen molar-refractivity contribution in [3.63, 3.8) is 0 Å². The predicted octanol–water partition coefficient (Wildman–Crippen LogP) is 4.51. The molecule has 1 amide bonds. The van der Waals surface area contributed by atoms with Crippen LogP contribution in [0.15, 0.2) is 71.8 Å². The van der Waals surface area contributed by atoms with Gasteiger partial charge in [0.2, 0.25) is 5.91 Å². The van der Waals surface area contributed by atoms with Gasteiger partial charge in [-0.3, -0.25) is 9.59 Å². The van der Waals surface area contributed by atoms with Crippen LogP contribution in [0.1, 0.15) is 11.1 Å². The van der Waals surface area contributed by atoms with Gasteiger partial charge < -0.3 is 10.0 Å². The Morgan fingerprint density at radius 3 is 1.73 bits per heavy atom. The molecule has 1 aliphatic heterocycles. The van der Waals surface area contributed by atoms with E-state index in [4.69, 9.17) is 28.3 Å². The van der Waals surface area contributed by atoms with E-state index in [9.17, 15) is 14.4 Å². The Labute approximate surface area is 183 Å². The molecule has 0 unspecified atom stereocenters. The van der Waals surface area contributed by atoms with E-state index in [1.807, 2.05) is 0 Å². The molecule has 30 heavy (non-hydrogen) atoms. The number of carbonyl (C=O) groups excluding carboxylic acids is 2. The zero-order valence-corrected chi connectivity index (χ0v) is 17.2. The molecule has 1 N–H and O–H groups in total. The second-order valence-corrected chi connectivity index (χ2v) is 7.39. The quantitative estimate of drug-likeness (QED) is 0.707. The predicted molar refractivity (Wildman–Crippen MR) is 117 cm³/mol. The number of carboxylic acids is 1. The summed E-state index contributed by atoms with van der Waals surface area (Å²) < 4.78 is 0. The Morgan fingerprint density at radius 2 is 1.30 bits per heavy atom. The van der Waals surface area contributed by atoms with Crippen molar-refractivity contribution >= 4 is 53.0 Å². The molecule has 0 aliphatic carbocycles. The molecule has 5 nitrogen and oxygen atoms in total. The van der Waals surface area contributed by atoms with Gasteiger partial charge in [-0.05, 0) is 35.4 Å². The number of Topliss-reactive ketones (excluding diaryl/α,β-unsaturated/α-hetero) is 1. The van der Waals surface area contributed by atoms with Crippen LogP contribution in [-0.4, -0.2) is 40.8 Å². The summed E-state index contributed by atoms with van der Waals surface area (Å²) in [6, 6.07) is 14.1. The van der Waals surface area contributed by atoms with Gasteiger partial charge in [0.25, 0.3) is 0 Å². The summed E-state index contributed by atoms with van der Waals surface area (Å²) in [6.45, 7) is 0.0689. The Balaban J connectivity index is 2.03. The molecule has 1 saturated heterocycles. The molecule has 1 aliphatic rings. The maximum absolute atomic E-state index is 13.1. The fourth-order valence-corrected chi connectivity index (χ4v) is 3.38. The van der Waals surface area contributed by atoms with Crippen LogP contribution in [0, 0.1) is 0 Å². The van der Waals surface area contributed by atoms with Gasteiger partial charge in [-0.25, -0.2) is 4.79 Å². The summed E-state index contributed by atoms with van der Waals surface area (Å²) in [5, 5.41) is 9.74. The van der Waals surface area contributed by atoms with Crippen LogP contribution in [0.3, 0.4) is 0 Å². The minimum absolute atomic E-state index is 0.0344. The fraction of sp³-hybridized carbons (Fsp3) is 0.0870. The van der Waals surface area contributed by atoms with Crippen molar-refractivity contribution in [2.45, 2.75) is 0 Å². The smallest absolute Gasteiger partial charge is 0.328 e. The highest BCUT2D eigenvalue weighted by Gasteiger charge is 2.28. The van der Waals surface area contributed by atoms with Crippen LogP contribution in [0.25, 0.3) is 12.2 Å². The van der Waals surface area contributed by atoms with E-state index in [-0.39, 0.29) is 18.9 Å². The summed E-state index contributed by atoms with van der Waals surface area (Å²) in [5.74, 6) is -1.96. The number of halogens is 2. The average Bonchev–Trinajstić information content (AvgIpc) is 2.72. The molecule has 3 rings (SSSR count). The maximum atomic E-state index is 13.1. The first kappa shape index (κ1) is 21.6. The Morgan fingerprint density at radius 1 is 0.833 bits per heavy atom. The molecule has 0 atom stereocenters. The Bertz CT molecular complexity index is 1030. The molecule has 2 aromatic carbocycles. The normalized spacial score (nSPS) is 17.1. The number of hydrogen-bond donors (Lipinski definition) is 1. The lowest BCUT2D eigenvalue weighted by atomic mass is 9.94. The summed E-state index contributed by atoms with van der Waals surface area (Å²) in [6.07, 6.45) is 5.03. The van der Waals surface area contributed by atoms with Gasteiger partial charge in [0.15, 0.2) is 5.78 Å². The van der Waals surface area contributed by atoms with Crippen LogP contribution in [0.2, 0.25) is 10.0 Å². The Hall–Kier alpha value is -3.15. The number of rotatable bonds is 4. The number of aliphatic carboxylic acids is 1. The SMILES string of the molecule is O=C(O)/C=C/C(=O)N1C/C(=C\c2ccccc2Cl)C(=O)/C(=C/c2ccccc2Cl)C1. The number of piperidine rings is 1. The largest absolute Gasteiger partial charge is 0.478 e. The molecule has 7 heteroatoms. The van der Waals surface area contributed by atoms with E-state index in [0.29, 0.717) is 32.3 Å². The minimum Gasteiger partial charge on any atom is -0.478 e. The minimum atomic E-state index is -1.23. The highest BCUT2D eigenvalue weighted by molar-refractivity contribution is 6.33. The average molecular weight is 442 g/mol. The number of likely N-dealkylation sites (tertiary alicyclic amines) is 1. The number of amides is 1. The van der Waals surface area contributed by atoms with Gasteiger partial charge in [0.1, 0.15) is 0 Å². The molecule has 1 fully saturated rings. The van der Waals surface area contributed by atoms with Crippen molar-refractivity contribution < 1.29 is 19.5 Å². The molecule has 0 bridgehead atoms. The molecular formula is C23H17Cl2NO4. The number of hydrogen-bond acceptors (Lipinski definition) is 3. The zero-order chi connectivity index (χ0) is 21.7. The third-order valence-corrected chi connectivity index (χ3v) is 5.14. The highest BCUT2D eigenvalue weighted by atomic mass is 35.5. The van der Waals surface area contributed by atoms with E-state index in [0.717, 1.165) is 12.2 Å². The second kappa shape index (κ2) is 9.57. The van der Waals surface area contributed by atoms with Crippen molar-refractivity contribution in [2.24, 2.45) is 0 Å². The monoisotopic (exact) mass is 441 g/mol. The van der Waals surface area contributed by atoms with Crippen LogP contribution in [-0.2, 0) is 14.4 Å². The van der Waals surface area contributed by atoms with Crippen molar-refractivity contribution in [3.05, 3.63) is 93.0 Å². The standard InChI is InChI=1S/C23H17Cl2NO4/c24-19-7-3-1-5-15(19)11-17-13-26(21(27)9-10-22(28)29)14-18(23(17)30)12-16-6-2-4-8-20(16)25/h1-12H,13-14H2,(H,28,29)/b10-9+,17-11+,18-12+. The van der Waals surface area contributed by atoms with Crippen LogP contribution in [0.5, 0.6) is 0 Å². The number of benzene rings is 2. The lowest BCUT2D eigenvalue weighted by molar-refractivity contribution is -0.132. The topological polar surface area (TPSA) is 74.7 Å². The van der Waals surface area contributed by atoms with Crippen molar-refractivity contribution in [3.8, 4) is 0 Å². The molecule has 0 radical (unpaired) electrons. The van der Waals surface area contributed by atoms with Crippen LogP contribution < -0.4 is 0 Å². The lowest BCUT2D eigenvalue weighted by Crippen LogP contribution is -2.40. The second-order valence-electron chi connectivity index (χ2n) is 6.58. The molecule has 1 heterocycles. The Kier molecular flexibility index (Phi) is 6.87. The van der Waals surface area contributed by atoms with Crippen molar-refractivity contribution in [2.75, 3.05) is 13.1 Å². The number of carbonyl (C=O) groups is 3. The van der Waals surface area contributed by atoms with Crippen LogP contribution in [0.4, 0.5) is 0 Å². The first-order chi connectivity index (χ1) is 14.3. The van der Waals surface area contributed by atoms with Gasteiger partial charge >= 0.3 is 5.97 Å². The maximum Gasteiger partial charge on any atom is 0.328 e. The van der Waals surface area contributed by atoms with Gasteiger partial charge in [-0.2, -0.15) is 0 Å². The van der Waals surface area contributed by atoms with E-state index in [2.05, 4.69) is 0 Å². The molecule has 152 valence electrons. The number of carboxylic acid groups (broad SMARTS) is 1. The molecule has 0 spiro atoms. The van der Waals surface area contributed by atoms with Gasteiger partial charge in [0, 0.05) is 33.3 Å². The van der Waals surface area contributed by atoms with Gasteiger partial charge in [0.05, 0.1) is 13.1 Å². The highest BCUT2D eigenvalue weighted by Crippen LogP contribution is 2.26.